The van der Waals surface area contributed by atoms with Crippen LogP contribution in [-0.4, -0.2) is 0 Å². The third kappa shape index (κ3) is 2.57. The van der Waals surface area contributed by atoms with E-state index in [0.717, 1.165) is 15.6 Å². The molecular formula is C14H12BrCl2N. The zero-order valence-electron chi connectivity index (χ0n) is 9.75. The van der Waals surface area contributed by atoms with Crippen LogP contribution in [0.3, 0.4) is 0 Å². The van der Waals surface area contributed by atoms with Crippen molar-refractivity contribution in [2.45, 2.75) is 12.5 Å². The van der Waals surface area contributed by atoms with Crippen molar-refractivity contribution in [2.24, 2.45) is 5.73 Å². The fourth-order valence-corrected chi connectivity index (χ4v) is 2.85. The topological polar surface area (TPSA) is 26.0 Å². The molecule has 2 aromatic carbocycles. The standard InChI is InChI=1S/C14H12BrCl2N/c1-14(18,10-4-2-3-5-11(10)15)9-6-7-12(16)13(17)8-9/h2-8H,18H2,1H3. The molecule has 1 atom stereocenters. The molecule has 0 spiro atoms. The van der Waals surface area contributed by atoms with Crippen molar-refractivity contribution < 1.29 is 0 Å². The van der Waals surface area contributed by atoms with Gasteiger partial charge in [0.1, 0.15) is 0 Å². The Kier molecular flexibility index (Phi) is 4.02. The minimum atomic E-state index is -0.631. The van der Waals surface area contributed by atoms with Gasteiger partial charge in [0, 0.05) is 4.47 Å². The molecule has 18 heavy (non-hydrogen) atoms. The van der Waals surface area contributed by atoms with E-state index in [1.54, 1.807) is 6.07 Å². The number of hydrogen-bond donors (Lipinski definition) is 1. The fourth-order valence-electron chi connectivity index (χ4n) is 1.86. The summed E-state index contributed by atoms with van der Waals surface area (Å²) in [5.74, 6) is 0. The second-order valence-corrected chi connectivity index (χ2v) is 5.98. The Balaban J connectivity index is 2.54. The average Bonchev–Trinajstić information content (AvgIpc) is 2.33. The lowest BCUT2D eigenvalue weighted by Crippen LogP contribution is -2.34. The van der Waals surface area contributed by atoms with Gasteiger partial charge < -0.3 is 5.73 Å². The largest absolute Gasteiger partial charge is 0.318 e. The van der Waals surface area contributed by atoms with Crippen LogP contribution in [-0.2, 0) is 5.54 Å². The van der Waals surface area contributed by atoms with Crippen molar-refractivity contribution in [2.75, 3.05) is 0 Å². The molecule has 2 rings (SSSR count). The minimum absolute atomic E-state index is 0.512. The molecule has 0 aliphatic heterocycles. The van der Waals surface area contributed by atoms with Crippen molar-refractivity contribution in [3.8, 4) is 0 Å². The summed E-state index contributed by atoms with van der Waals surface area (Å²) in [4.78, 5) is 0. The van der Waals surface area contributed by atoms with Crippen LogP contribution in [0.4, 0.5) is 0 Å². The van der Waals surface area contributed by atoms with E-state index in [4.69, 9.17) is 28.9 Å². The lowest BCUT2D eigenvalue weighted by atomic mass is 9.86. The van der Waals surface area contributed by atoms with Crippen LogP contribution in [0.5, 0.6) is 0 Å². The van der Waals surface area contributed by atoms with Crippen molar-refractivity contribution in [3.63, 3.8) is 0 Å². The van der Waals surface area contributed by atoms with Gasteiger partial charge in [0.05, 0.1) is 15.6 Å². The normalized spacial score (nSPS) is 14.3. The molecule has 0 aliphatic rings. The van der Waals surface area contributed by atoms with E-state index in [2.05, 4.69) is 15.9 Å². The Labute approximate surface area is 125 Å². The van der Waals surface area contributed by atoms with Gasteiger partial charge in [-0.25, -0.2) is 0 Å². The molecule has 1 unspecified atom stereocenters. The van der Waals surface area contributed by atoms with E-state index in [9.17, 15) is 0 Å². The van der Waals surface area contributed by atoms with Gasteiger partial charge >= 0.3 is 0 Å². The third-order valence-corrected chi connectivity index (χ3v) is 4.38. The summed E-state index contributed by atoms with van der Waals surface area (Å²) in [5.41, 5.74) is 7.74. The van der Waals surface area contributed by atoms with Crippen LogP contribution >= 0.6 is 39.1 Å². The summed E-state index contributed by atoms with van der Waals surface area (Å²) in [6.45, 7) is 1.95. The average molecular weight is 345 g/mol. The lowest BCUT2D eigenvalue weighted by Gasteiger charge is -2.27. The third-order valence-electron chi connectivity index (χ3n) is 2.95. The van der Waals surface area contributed by atoms with Crippen LogP contribution in [0.1, 0.15) is 18.1 Å². The maximum atomic E-state index is 6.45. The number of nitrogens with two attached hydrogens (primary N) is 1. The van der Waals surface area contributed by atoms with Gasteiger partial charge in [0.25, 0.3) is 0 Å². The molecule has 0 fully saturated rings. The lowest BCUT2D eigenvalue weighted by molar-refractivity contribution is 0.600. The highest BCUT2D eigenvalue weighted by molar-refractivity contribution is 9.10. The highest BCUT2D eigenvalue weighted by atomic mass is 79.9. The molecule has 1 nitrogen and oxygen atoms in total. The molecule has 0 aliphatic carbocycles. The summed E-state index contributed by atoms with van der Waals surface area (Å²) in [6, 6.07) is 13.4. The summed E-state index contributed by atoms with van der Waals surface area (Å²) >= 11 is 15.5. The quantitative estimate of drug-likeness (QED) is 0.817. The smallest absolute Gasteiger partial charge is 0.0648 e. The Morgan fingerprint density at radius 3 is 2.33 bits per heavy atom. The second-order valence-electron chi connectivity index (χ2n) is 4.31. The predicted molar refractivity (Wildman–Crippen MR) is 81.2 cm³/mol. The molecule has 2 N–H and O–H groups in total. The first kappa shape index (κ1) is 13.9. The van der Waals surface area contributed by atoms with Gasteiger partial charge in [0.2, 0.25) is 0 Å². The second kappa shape index (κ2) is 5.22. The van der Waals surface area contributed by atoms with Crippen molar-refractivity contribution >= 4 is 39.1 Å². The molecule has 0 aromatic heterocycles. The maximum Gasteiger partial charge on any atom is 0.0648 e. The molecule has 2 aromatic rings. The van der Waals surface area contributed by atoms with Crippen LogP contribution in [0.15, 0.2) is 46.9 Å². The van der Waals surface area contributed by atoms with Crippen LogP contribution in [0, 0.1) is 0 Å². The zero-order chi connectivity index (χ0) is 13.3. The van der Waals surface area contributed by atoms with Crippen LogP contribution in [0.25, 0.3) is 0 Å². The number of hydrogen-bond acceptors (Lipinski definition) is 1. The number of rotatable bonds is 2. The van der Waals surface area contributed by atoms with E-state index < -0.39 is 5.54 Å². The zero-order valence-corrected chi connectivity index (χ0v) is 12.9. The SMILES string of the molecule is CC(N)(c1ccc(Cl)c(Cl)c1)c1ccccc1Br. The Morgan fingerprint density at radius 1 is 1.06 bits per heavy atom. The predicted octanol–water partition coefficient (Wildman–Crippen LogP) is 4.98. The van der Waals surface area contributed by atoms with Crippen LogP contribution in [0.2, 0.25) is 10.0 Å². The first-order valence-corrected chi connectivity index (χ1v) is 6.97. The molecule has 94 valence electrons. The Bertz CT molecular complexity index is 582. The first-order chi connectivity index (χ1) is 8.43. The molecule has 0 heterocycles. The molecule has 0 bridgehead atoms. The van der Waals surface area contributed by atoms with Gasteiger partial charge in [-0.15, -0.1) is 0 Å². The molecule has 0 amide bonds. The summed E-state index contributed by atoms with van der Waals surface area (Å²) in [5, 5.41) is 1.04. The van der Waals surface area contributed by atoms with Gasteiger partial charge in [-0.3, -0.25) is 0 Å². The monoisotopic (exact) mass is 343 g/mol. The molecule has 0 radical (unpaired) electrons. The number of benzene rings is 2. The fraction of sp³-hybridized carbons (Fsp3) is 0.143. The minimum Gasteiger partial charge on any atom is -0.318 e. The van der Waals surface area contributed by atoms with Gasteiger partial charge in [0.15, 0.2) is 0 Å². The summed E-state index contributed by atoms with van der Waals surface area (Å²) in [6.07, 6.45) is 0. The Morgan fingerprint density at radius 2 is 1.72 bits per heavy atom. The van der Waals surface area contributed by atoms with Gasteiger partial charge in [-0.1, -0.05) is 63.4 Å². The maximum absolute atomic E-state index is 6.45. The van der Waals surface area contributed by atoms with Gasteiger partial charge in [-0.2, -0.15) is 0 Å². The van der Waals surface area contributed by atoms with E-state index >= 15 is 0 Å². The molecule has 0 saturated heterocycles. The van der Waals surface area contributed by atoms with Gasteiger partial charge in [-0.05, 0) is 36.2 Å². The molecular weight excluding hydrogens is 333 g/mol. The highest BCUT2D eigenvalue weighted by Crippen LogP contribution is 2.34. The molecule has 4 heteroatoms. The van der Waals surface area contributed by atoms with E-state index in [-0.39, 0.29) is 0 Å². The number of halogens is 3. The molecule has 0 saturated carbocycles. The summed E-state index contributed by atoms with van der Waals surface area (Å²) in [7, 11) is 0. The van der Waals surface area contributed by atoms with Crippen LogP contribution < -0.4 is 5.73 Å². The van der Waals surface area contributed by atoms with Crippen molar-refractivity contribution in [1.29, 1.82) is 0 Å². The Hall–Kier alpha value is -0.540. The summed E-state index contributed by atoms with van der Waals surface area (Å²) < 4.78 is 0.973. The first-order valence-electron chi connectivity index (χ1n) is 5.42. The highest BCUT2D eigenvalue weighted by Gasteiger charge is 2.26. The van der Waals surface area contributed by atoms with E-state index in [1.807, 2.05) is 43.3 Å². The van der Waals surface area contributed by atoms with E-state index in [1.165, 1.54) is 0 Å². The van der Waals surface area contributed by atoms with E-state index in [0.29, 0.717) is 10.0 Å². The van der Waals surface area contributed by atoms with Crippen molar-refractivity contribution in [3.05, 3.63) is 68.1 Å². The van der Waals surface area contributed by atoms with Crippen molar-refractivity contribution in [1.82, 2.24) is 0 Å².